The van der Waals surface area contributed by atoms with Gasteiger partial charge in [0.1, 0.15) is 5.01 Å². The van der Waals surface area contributed by atoms with Crippen molar-refractivity contribution in [2.24, 2.45) is 5.92 Å². The van der Waals surface area contributed by atoms with Gasteiger partial charge in [0.2, 0.25) is 11.0 Å². The molecule has 1 amide bonds. The lowest BCUT2D eigenvalue weighted by Gasteiger charge is -2.06. The number of anilines is 1. The fourth-order valence-electron chi connectivity index (χ4n) is 1.96. The highest BCUT2D eigenvalue weighted by Crippen LogP contribution is 2.15. The summed E-state index contributed by atoms with van der Waals surface area (Å²) in [6.07, 6.45) is 1.43. The summed E-state index contributed by atoms with van der Waals surface area (Å²) < 4.78 is 0. The highest BCUT2D eigenvalue weighted by Gasteiger charge is 2.07. The van der Waals surface area contributed by atoms with Gasteiger partial charge in [-0.25, -0.2) is 0 Å². The minimum atomic E-state index is -0.0576. The molecule has 1 aromatic heterocycles. The monoisotopic (exact) mass is 289 g/mol. The Bertz CT molecular complexity index is 575. The number of nitrogens with one attached hydrogen (secondary N) is 1. The smallest absolute Gasteiger partial charge is 0.230 e. The Morgan fingerprint density at radius 3 is 2.40 bits per heavy atom. The molecule has 0 bridgehead atoms. The summed E-state index contributed by atoms with van der Waals surface area (Å²) in [4.78, 5) is 11.9. The first kappa shape index (κ1) is 14.7. The molecule has 20 heavy (non-hydrogen) atoms. The molecule has 0 aliphatic heterocycles. The Balaban J connectivity index is 1.91. The van der Waals surface area contributed by atoms with Gasteiger partial charge < -0.3 is 5.32 Å². The van der Waals surface area contributed by atoms with Crippen LogP contribution in [0.5, 0.6) is 0 Å². The quantitative estimate of drug-likeness (QED) is 0.919. The van der Waals surface area contributed by atoms with Gasteiger partial charge in [-0.15, -0.1) is 10.2 Å². The topological polar surface area (TPSA) is 54.9 Å². The second-order valence-corrected chi connectivity index (χ2v) is 6.45. The molecule has 2 aromatic rings. The van der Waals surface area contributed by atoms with Crippen LogP contribution in [0, 0.1) is 12.8 Å². The third kappa shape index (κ3) is 4.42. The number of benzene rings is 1. The number of aromatic nitrogens is 2. The van der Waals surface area contributed by atoms with Crippen molar-refractivity contribution in [3.8, 4) is 0 Å². The van der Waals surface area contributed by atoms with Gasteiger partial charge in [-0.2, -0.15) is 0 Å². The average molecular weight is 289 g/mol. The van der Waals surface area contributed by atoms with E-state index in [2.05, 4.69) is 41.5 Å². The number of hydrogen-bond acceptors (Lipinski definition) is 4. The number of aryl methyl sites for hydroxylation is 1. The molecule has 1 N–H and O–H groups in total. The van der Waals surface area contributed by atoms with E-state index in [0.29, 0.717) is 17.5 Å². The maximum atomic E-state index is 11.9. The highest BCUT2D eigenvalue weighted by molar-refractivity contribution is 7.15. The molecule has 0 aliphatic rings. The first-order chi connectivity index (χ1) is 9.52. The van der Waals surface area contributed by atoms with E-state index in [4.69, 9.17) is 0 Å². The molecule has 1 aromatic carbocycles. The Morgan fingerprint density at radius 1 is 1.20 bits per heavy atom. The molecule has 4 nitrogen and oxygen atoms in total. The van der Waals surface area contributed by atoms with Gasteiger partial charge in [-0.1, -0.05) is 49.4 Å². The number of nitrogens with zero attached hydrogens (tertiary/aromatic N) is 2. The zero-order valence-corrected chi connectivity index (χ0v) is 12.8. The van der Waals surface area contributed by atoms with Crippen LogP contribution in [0.1, 0.15) is 30.0 Å². The normalized spacial score (nSPS) is 10.8. The summed E-state index contributed by atoms with van der Waals surface area (Å²) in [6.45, 7) is 6.26. The molecule has 0 fully saturated rings. The largest absolute Gasteiger partial charge is 0.300 e. The van der Waals surface area contributed by atoms with E-state index >= 15 is 0 Å². The summed E-state index contributed by atoms with van der Waals surface area (Å²) in [6, 6.07) is 8.22. The van der Waals surface area contributed by atoms with Crippen molar-refractivity contribution in [1.29, 1.82) is 0 Å². The van der Waals surface area contributed by atoms with Gasteiger partial charge in [0.15, 0.2) is 0 Å². The van der Waals surface area contributed by atoms with Crippen LogP contribution in [-0.4, -0.2) is 16.1 Å². The zero-order chi connectivity index (χ0) is 14.5. The summed E-state index contributed by atoms with van der Waals surface area (Å²) in [5, 5.41) is 11.9. The van der Waals surface area contributed by atoms with Crippen LogP contribution < -0.4 is 5.32 Å². The van der Waals surface area contributed by atoms with E-state index in [1.807, 2.05) is 19.1 Å². The lowest BCUT2D eigenvalue weighted by atomic mass is 10.0. The SMILES string of the molecule is Cc1nnc(NC(=O)Cc2ccc(CC(C)C)cc2)s1. The van der Waals surface area contributed by atoms with Crippen molar-refractivity contribution in [2.75, 3.05) is 5.32 Å². The van der Waals surface area contributed by atoms with E-state index in [-0.39, 0.29) is 5.91 Å². The van der Waals surface area contributed by atoms with E-state index in [1.165, 1.54) is 16.9 Å². The van der Waals surface area contributed by atoms with E-state index in [1.54, 1.807) is 0 Å². The molecule has 0 saturated carbocycles. The first-order valence-corrected chi connectivity index (χ1v) is 7.52. The number of rotatable bonds is 5. The molecule has 0 atom stereocenters. The van der Waals surface area contributed by atoms with E-state index < -0.39 is 0 Å². The summed E-state index contributed by atoms with van der Waals surface area (Å²) >= 11 is 1.38. The third-order valence-electron chi connectivity index (χ3n) is 2.80. The van der Waals surface area contributed by atoms with Gasteiger partial charge in [-0.05, 0) is 30.4 Å². The molecule has 1 heterocycles. The lowest BCUT2D eigenvalue weighted by molar-refractivity contribution is -0.115. The van der Waals surface area contributed by atoms with Crippen molar-refractivity contribution < 1.29 is 4.79 Å². The van der Waals surface area contributed by atoms with Crippen LogP contribution in [0.4, 0.5) is 5.13 Å². The second-order valence-electron chi connectivity index (χ2n) is 5.27. The predicted octanol–water partition coefficient (Wildman–Crippen LogP) is 3.23. The van der Waals surface area contributed by atoms with Crippen LogP contribution in [0.2, 0.25) is 0 Å². The number of hydrogen-bond donors (Lipinski definition) is 1. The van der Waals surface area contributed by atoms with Gasteiger partial charge in [0.25, 0.3) is 0 Å². The fraction of sp³-hybridized carbons (Fsp3) is 0.400. The van der Waals surface area contributed by atoms with Crippen LogP contribution in [0.3, 0.4) is 0 Å². The Labute approximate surface area is 123 Å². The van der Waals surface area contributed by atoms with Crippen molar-refractivity contribution in [3.05, 3.63) is 40.4 Å². The highest BCUT2D eigenvalue weighted by atomic mass is 32.1. The molecule has 0 saturated heterocycles. The number of amides is 1. The Kier molecular flexibility index (Phi) is 4.84. The molecule has 0 radical (unpaired) electrons. The molecule has 5 heteroatoms. The van der Waals surface area contributed by atoms with Gasteiger partial charge in [0.05, 0.1) is 6.42 Å². The summed E-state index contributed by atoms with van der Waals surface area (Å²) in [5.74, 6) is 0.586. The molecule has 0 aliphatic carbocycles. The standard InChI is InChI=1S/C15H19N3OS/c1-10(2)8-12-4-6-13(7-5-12)9-14(19)16-15-18-17-11(3)20-15/h4-7,10H,8-9H2,1-3H3,(H,16,18,19). The minimum absolute atomic E-state index is 0.0576. The number of carbonyl (C=O) groups is 1. The van der Waals surface area contributed by atoms with Crippen molar-refractivity contribution in [3.63, 3.8) is 0 Å². The maximum Gasteiger partial charge on any atom is 0.230 e. The average Bonchev–Trinajstić information content (AvgIpc) is 2.76. The fourth-order valence-corrected chi connectivity index (χ4v) is 2.57. The van der Waals surface area contributed by atoms with Crippen LogP contribution in [0.15, 0.2) is 24.3 Å². The summed E-state index contributed by atoms with van der Waals surface area (Å²) in [5.41, 5.74) is 2.32. The molecular formula is C15H19N3OS. The van der Waals surface area contributed by atoms with Crippen LogP contribution in [-0.2, 0) is 17.6 Å². The van der Waals surface area contributed by atoms with Crippen LogP contribution in [0.25, 0.3) is 0 Å². The second kappa shape index (κ2) is 6.61. The van der Waals surface area contributed by atoms with E-state index in [9.17, 15) is 4.79 Å². The maximum absolute atomic E-state index is 11.9. The van der Waals surface area contributed by atoms with Gasteiger partial charge in [0, 0.05) is 0 Å². The molecule has 0 spiro atoms. The first-order valence-electron chi connectivity index (χ1n) is 6.70. The van der Waals surface area contributed by atoms with Crippen molar-refractivity contribution >= 4 is 22.4 Å². The Morgan fingerprint density at radius 2 is 1.85 bits per heavy atom. The van der Waals surface area contributed by atoms with Crippen molar-refractivity contribution in [1.82, 2.24) is 10.2 Å². The molecule has 2 rings (SSSR count). The lowest BCUT2D eigenvalue weighted by Crippen LogP contribution is -2.14. The molecular weight excluding hydrogens is 270 g/mol. The van der Waals surface area contributed by atoms with Crippen molar-refractivity contribution in [2.45, 2.75) is 33.6 Å². The molecule has 0 unspecified atom stereocenters. The zero-order valence-electron chi connectivity index (χ0n) is 12.0. The number of carbonyl (C=O) groups excluding carboxylic acids is 1. The Hall–Kier alpha value is -1.75. The van der Waals surface area contributed by atoms with E-state index in [0.717, 1.165) is 17.0 Å². The summed E-state index contributed by atoms with van der Waals surface area (Å²) in [7, 11) is 0. The van der Waals surface area contributed by atoms with Crippen LogP contribution >= 0.6 is 11.3 Å². The third-order valence-corrected chi connectivity index (χ3v) is 3.56. The molecule has 106 valence electrons. The van der Waals surface area contributed by atoms with Gasteiger partial charge in [-0.3, -0.25) is 4.79 Å². The van der Waals surface area contributed by atoms with Gasteiger partial charge >= 0.3 is 0 Å². The minimum Gasteiger partial charge on any atom is -0.300 e. The predicted molar refractivity (Wildman–Crippen MR) is 82.0 cm³/mol.